The molecule has 2 aromatic carbocycles. The van der Waals surface area contributed by atoms with E-state index in [2.05, 4.69) is 0 Å². The highest BCUT2D eigenvalue weighted by Gasteiger charge is 2.36. The third kappa shape index (κ3) is 3.06. The lowest BCUT2D eigenvalue weighted by atomic mass is 10.0. The van der Waals surface area contributed by atoms with E-state index in [1.165, 1.54) is 18.4 Å². The number of methoxy groups -OCH3 is 1. The summed E-state index contributed by atoms with van der Waals surface area (Å²) in [5.41, 5.74) is 3.37. The van der Waals surface area contributed by atoms with Gasteiger partial charge in [0.15, 0.2) is 0 Å². The number of hydrogen-bond acceptors (Lipinski definition) is 4. The molecular weight excluding hydrogens is 358 g/mol. The molecule has 0 spiro atoms. The van der Waals surface area contributed by atoms with Crippen LogP contribution in [0.1, 0.15) is 26.4 Å². The number of fused-ring (bicyclic) bond motifs is 1. The van der Waals surface area contributed by atoms with Crippen LogP contribution in [-0.2, 0) is 16.1 Å². The molecule has 0 unspecified atom stereocenters. The number of benzene rings is 2. The van der Waals surface area contributed by atoms with Crippen LogP contribution in [0.25, 0.3) is 11.3 Å². The van der Waals surface area contributed by atoms with Gasteiger partial charge in [0.2, 0.25) is 0 Å². The fraction of sp³-hybridized carbons (Fsp3) is 0.0909. The Morgan fingerprint density at radius 3 is 2.33 bits per heavy atom. The van der Waals surface area contributed by atoms with Gasteiger partial charge in [0, 0.05) is 16.0 Å². The minimum Gasteiger partial charge on any atom is -0.465 e. The second kappa shape index (κ2) is 7.21. The van der Waals surface area contributed by atoms with Crippen molar-refractivity contribution in [2.24, 2.45) is 0 Å². The molecule has 27 heavy (non-hydrogen) atoms. The fourth-order valence-electron chi connectivity index (χ4n) is 3.29. The van der Waals surface area contributed by atoms with E-state index in [-0.39, 0.29) is 5.91 Å². The highest BCUT2D eigenvalue weighted by atomic mass is 32.1. The number of esters is 1. The lowest BCUT2D eigenvalue weighted by Crippen LogP contribution is -2.24. The molecular formula is C22H17NO3S. The molecule has 0 saturated carbocycles. The molecule has 0 radical (unpaired) electrons. The first kappa shape index (κ1) is 17.2. The number of amides is 1. The van der Waals surface area contributed by atoms with Gasteiger partial charge in [0.1, 0.15) is 5.57 Å². The van der Waals surface area contributed by atoms with E-state index >= 15 is 0 Å². The molecule has 5 heteroatoms. The van der Waals surface area contributed by atoms with Crippen molar-refractivity contribution < 1.29 is 14.3 Å². The number of nitrogens with zero attached hydrogens (tertiary/aromatic N) is 1. The van der Waals surface area contributed by atoms with Crippen LogP contribution in [0.4, 0.5) is 0 Å². The second-order valence-corrected chi connectivity index (χ2v) is 7.06. The van der Waals surface area contributed by atoms with E-state index in [9.17, 15) is 9.59 Å². The SMILES string of the molecule is COC(=O)/C(=C1\c2ccccc2C(=O)N1Cc1ccccc1)c1cccs1. The van der Waals surface area contributed by atoms with E-state index in [1.807, 2.05) is 66.0 Å². The number of rotatable bonds is 4. The van der Waals surface area contributed by atoms with Crippen molar-refractivity contribution in [2.75, 3.05) is 7.11 Å². The molecule has 0 atom stereocenters. The summed E-state index contributed by atoms with van der Waals surface area (Å²) in [6, 6.07) is 20.9. The average molecular weight is 375 g/mol. The van der Waals surface area contributed by atoms with Crippen LogP contribution in [0.5, 0.6) is 0 Å². The summed E-state index contributed by atoms with van der Waals surface area (Å²) in [5, 5.41) is 1.91. The summed E-state index contributed by atoms with van der Waals surface area (Å²) in [6.45, 7) is 0.384. The molecule has 1 amide bonds. The minimum atomic E-state index is -0.449. The smallest absolute Gasteiger partial charge is 0.341 e. The van der Waals surface area contributed by atoms with Crippen molar-refractivity contribution >= 4 is 34.5 Å². The predicted octanol–water partition coefficient (Wildman–Crippen LogP) is 4.45. The quantitative estimate of drug-likeness (QED) is 0.500. The minimum absolute atomic E-state index is 0.109. The molecule has 2 heterocycles. The average Bonchev–Trinajstić information content (AvgIpc) is 3.32. The number of ether oxygens (including phenoxy) is 1. The van der Waals surface area contributed by atoms with Crippen LogP contribution in [0.15, 0.2) is 72.1 Å². The van der Waals surface area contributed by atoms with Gasteiger partial charge in [-0.05, 0) is 23.1 Å². The zero-order valence-electron chi connectivity index (χ0n) is 14.7. The van der Waals surface area contributed by atoms with Gasteiger partial charge in [-0.1, -0.05) is 54.6 Å². The summed E-state index contributed by atoms with van der Waals surface area (Å²) >= 11 is 1.45. The van der Waals surface area contributed by atoms with Gasteiger partial charge in [0.05, 0.1) is 19.4 Å². The lowest BCUT2D eigenvalue weighted by molar-refractivity contribution is -0.133. The monoisotopic (exact) mass is 375 g/mol. The lowest BCUT2D eigenvalue weighted by Gasteiger charge is -2.21. The van der Waals surface area contributed by atoms with Crippen molar-refractivity contribution in [3.05, 3.63) is 93.7 Å². The Balaban J connectivity index is 1.94. The largest absolute Gasteiger partial charge is 0.465 e. The van der Waals surface area contributed by atoms with Crippen molar-refractivity contribution in [3.63, 3.8) is 0 Å². The Morgan fingerprint density at radius 1 is 0.963 bits per heavy atom. The molecule has 1 aliphatic rings. The Kier molecular flexibility index (Phi) is 4.60. The molecule has 0 fully saturated rings. The maximum atomic E-state index is 13.1. The summed E-state index contributed by atoms with van der Waals surface area (Å²) in [4.78, 5) is 28.3. The number of thiophene rings is 1. The first-order valence-corrected chi connectivity index (χ1v) is 9.40. The molecule has 1 aromatic heterocycles. The van der Waals surface area contributed by atoms with Crippen LogP contribution < -0.4 is 0 Å². The Morgan fingerprint density at radius 2 is 1.67 bits per heavy atom. The third-order valence-electron chi connectivity index (χ3n) is 4.51. The molecule has 4 nitrogen and oxygen atoms in total. The van der Waals surface area contributed by atoms with Gasteiger partial charge >= 0.3 is 5.97 Å². The molecule has 0 bridgehead atoms. The molecule has 3 aromatic rings. The summed E-state index contributed by atoms with van der Waals surface area (Å²) < 4.78 is 5.07. The van der Waals surface area contributed by atoms with E-state index in [4.69, 9.17) is 4.74 Å². The first-order valence-electron chi connectivity index (χ1n) is 8.52. The van der Waals surface area contributed by atoms with Crippen molar-refractivity contribution in [2.45, 2.75) is 6.54 Å². The zero-order valence-corrected chi connectivity index (χ0v) is 15.5. The van der Waals surface area contributed by atoms with Crippen LogP contribution >= 0.6 is 11.3 Å². The highest BCUT2D eigenvalue weighted by Crippen LogP contribution is 2.40. The molecule has 0 N–H and O–H groups in total. The van der Waals surface area contributed by atoms with Crippen molar-refractivity contribution in [1.29, 1.82) is 0 Å². The van der Waals surface area contributed by atoms with E-state index < -0.39 is 5.97 Å². The van der Waals surface area contributed by atoms with Crippen LogP contribution in [-0.4, -0.2) is 23.9 Å². The van der Waals surface area contributed by atoms with E-state index in [0.29, 0.717) is 23.4 Å². The van der Waals surface area contributed by atoms with Crippen LogP contribution in [0, 0.1) is 0 Å². The van der Waals surface area contributed by atoms with Gasteiger partial charge in [0.25, 0.3) is 5.91 Å². The zero-order chi connectivity index (χ0) is 18.8. The van der Waals surface area contributed by atoms with Crippen molar-refractivity contribution in [1.82, 2.24) is 4.90 Å². The Hall–Kier alpha value is -3.18. The van der Waals surface area contributed by atoms with E-state index in [1.54, 1.807) is 11.0 Å². The molecule has 1 aliphatic heterocycles. The Bertz CT molecular complexity index is 1020. The fourth-order valence-corrected chi connectivity index (χ4v) is 4.05. The number of carbonyl (C=O) groups is 2. The van der Waals surface area contributed by atoms with Crippen LogP contribution in [0.2, 0.25) is 0 Å². The normalized spacial score (nSPS) is 14.9. The van der Waals surface area contributed by atoms with Gasteiger partial charge in [-0.3, -0.25) is 4.79 Å². The Labute approximate surface area is 161 Å². The number of hydrogen-bond donors (Lipinski definition) is 0. The molecule has 4 rings (SSSR count). The first-order chi connectivity index (χ1) is 13.2. The second-order valence-electron chi connectivity index (χ2n) is 6.11. The molecule has 0 aliphatic carbocycles. The van der Waals surface area contributed by atoms with Gasteiger partial charge in [-0.25, -0.2) is 4.79 Å². The van der Waals surface area contributed by atoms with E-state index in [0.717, 1.165) is 16.0 Å². The topological polar surface area (TPSA) is 46.6 Å². The molecule has 134 valence electrons. The van der Waals surface area contributed by atoms with Crippen LogP contribution in [0.3, 0.4) is 0 Å². The summed E-state index contributed by atoms with van der Waals surface area (Å²) in [5.74, 6) is -0.558. The van der Waals surface area contributed by atoms with Gasteiger partial charge in [-0.15, -0.1) is 11.3 Å². The third-order valence-corrected chi connectivity index (χ3v) is 5.39. The predicted molar refractivity (Wildman–Crippen MR) is 106 cm³/mol. The van der Waals surface area contributed by atoms with Gasteiger partial charge in [-0.2, -0.15) is 0 Å². The summed E-state index contributed by atoms with van der Waals surface area (Å²) in [7, 11) is 1.36. The standard InChI is InChI=1S/C22H17NO3S/c1-26-22(25)19(18-12-7-13-27-18)20-16-10-5-6-11-17(16)21(24)23(20)14-15-8-3-2-4-9-15/h2-13H,14H2,1H3/b20-19+. The maximum Gasteiger partial charge on any atom is 0.341 e. The van der Waals surface area contributed by atoms with Crippen molar-refractivity contribution in [3.8, 4) is 0 Å². The van der Waals surface area contributed by atoms with Gasteiger partial charge < -0.3 is 9.64 Å². The highest BCUT2D eigenvalue weighted by molar-refractivity contribution is 7.11. The summed E-state index contributed by atoms with van der Waals surface area (Å²) in [6.07, 6.45) is 0. The number of carbonyl (C=O) groups excluding carboxylic acids is 2. The maximum absolute atomic E-state index is 13.1. The molecule has 0 saturated heterocycles.